The maximum Gasteiger partial charge on any atom is 0.250 e. The Labute approximate surface area is 110 Å². The van der Waals surface area contributed by atoms with Crippen molar-refractivity contribution in [1.29, 1.82) is 0 Å². The van der Waals surface area contributed by atoms with Crippen LogP contribution in [0.25, 0.3) is 0 Å². The van der Waals surface area contributed by atoms with Crippen LogP contribution in [0.2, 0.25) is 0 Å². The molecule has 0 spiro atoms. The molecule has 2 unspecified atom stereocenters. The second-order valence-corrected chi connectivity index (χ2v) is 5.35. The molecule has 1 amide bonds. The molecular weight excluding hydrogens is 248 g/mol. The molecule has 0 saturated carbocycles. The number of benzene rings is 1. The predicted octanol–water partition coefficient (Wildman–Crippen LogP) is 1.85. The second-order valence-electron chi connectivity index (χ2n) is 4.29. The number of para-hydroxylation sites is 1. The van der Waals surface area contributed by atoms with Gasteiger partial charge in [0.25, 0.3) is 0 Å². The zero-order valence-corrected chi connectivity index (χ0v) is 10.9. The molecule has 0 saturated heterocycles. The molecule has 2 atom stereocenters. The third kappa shape index (κ3) is 1.99. The molecule has 94 valence electrons. The number of nitrogens with zero attached hydrogens (tertiary/aromatic N) is 1. The number of nitrogens with one attached hydrogen (secondary N) is 1. The molecule has 0 bridgehead atoms. The molecule has 5 heteroatoms. The molecule has 2 aliphatic heterocycles. The smallest absolute Gasteiger partial charge is 0.250 e. The topological polar surface area (TPSA) is 50.7 Å². The standard InChI is InChI=1S/C13H14N2O2S/c1-2-8-13(16)15-12(14-8)10-7-18-11-6-4-3-5-9(11)17-10/h3-6,8,10H,2,7H2,1H3,(H,14,15,16). The molecular formula is C13H14N2O2S. The van der Waals surface area contributed by atoms with Crippen LogP contribution < -0.4 is 10.1 Å². The monoisotopic (exact) mass is 262 g/mol. The van der Waals surface area contributed by atoms with Crippen molar-refractivity contribution in [2.45, 2.75) is 30.4 Å². The average Bonchev–Trinajstić information content (AvgIpc) is 2.79. The number of fused-ring (bicyclic) bond motifs is 1. The number of hydrogen-bond donors (Lipinski definition) is 1. The van der Waals surface area contributed by atoms with Gasteiger partial charge in [-0.1, -0.05) is 19.1 Å². The number of aliphatic imine (C=N–C) groups is 1. The molecule has 2 aliphatic rings. The first-order valence-corrected chi connectivity index (χ1v) is 7.03. The minimum absolute atomic E-state index is 0.0139. The number of carbonyl (C=O) groups is 1. The van der Waals surface area contributed by atoms with Crippen LogP contribution in [0.4, 0.5) is 0 Å². The summed E-state index contributed by atoms with van der Waals surface area (Å²) < 4.78 is 5.89. The number of carbonyl (C=O) groups excluding carboxylic acids is 1. The van der Waals surface area contributed by atoms with E-state index in [0.717, 1.165) is 22.8 Å². The van der Waals surface area contributed by atoms with Gasteiger partial charge in [-0.3, -0.25) is 9.79 Å². The van der Waals surface area contributed by atoms with Gasteiger partial charge in [-0.05, 0) is 18.6 Å². The zero-order chi connectivity index (χ0) is 12.5. The van der Waals surface area contributed by atoms with Crippen LogP contribution in [-0.2, 0) is 4.79 Å². The van der Waals surface area contributed by atoms with E-state index in [1.54, 1.807) is 11.8 Å². The maximum atomic E-state index is 11.6. The molecule has 1 N–H and O–H groups in total. The quantitative estimate of drug-likeness (QED) is 0.885. The predicted molar refractivity (Wildman–Crippen MR) is 71.2 cm³/mol. The molecule has 0 fully saturated rings. The number of ether oxygens (including phenoxy) is 1. The third-order valence-corrected chi connectivity index (χ3v) is 4.17. The van der Waals surface area contributed by atoms with Crippen molar-refractivity contribution in [3.05, 3.63) is 24.3 Å². The number of hydrogen-bond acceptors (Lipinski definition) is 4. The number of thioether (sulfide) groups is 1. The fourth-order valence-corrected chi connectivity index (χ4v) is 3.05. The Bertz CT molecular complexity index is 515. The van der Waals surface area contributed by atoms with E-state index in [1.165, 1.54) is 0 Å². The third-order valence-electron chi connectivity index (χ3n) is 3.05. The molecule has 3 rings (SSSR count). The normalized spacial score (nSPS) is 26.1. The van der Waals surface area contributed by atoms with E-state index in [-0.39, 0.29) is 18.1 Å². The highest BCUT2D eigenvalue weighted by Gasteiger charge is 2.32. The zero-order valence-electron chi connectivity index (χ0n) is 10.1. The van der Waals surface area contributed by atoms with Crippen molar-refractivity contribution in [2.75, 3.05) is 5.75 Å². The maximum absolute atomic E-state index is 11.6. The van der Waals surface area contributed by atoms with Gasteiger partial charge in [0.15, 0.2) is 6.10 Å². The van der Waals surface area contributed by atoms with E-state index in [2.05, 4.69) is 10.3 Å². The van der Waals surface area contributed by atoms with Gasteiger partial charge >= 0.3 is 0 Å². The van der Waals surface area contributed by atoms with E-state index in [1.807, 2.05) is 31.2 Å². The molecule has 2 heterocycles. The fourth-order valence-electron chi connectivity index (χ4n) is 2.06. The van der Waals surface area contributed by atoms with E-state index in [9.17, 15) is 4.79 Å². The largest absolute Gasteiger partial charge is 0.480 e. The molecule has 0 aliphatic carbocycles. The molecule has 4 nitrogen and oxygen atoms in total. The Morgan fingerprint density at radius 2 is 2.33 bits per heavy atom. The molecule has 1 aromatic rings. The number of amidine groups is 1. The van der Waals surface area contributed by atoms with Gasteiger partial charge in [-0.2, -0.15) is 0 Å². The summed E-state index contributed by atoms with van der Waals surface area (Å²) in [6, 6.07) is 7.69. The van der Waals surface area contributed by atoms with E-state index < -0.39 is 0 Å². The highest BCUT2D eigenvalue weighted by atomic mass is 32.2. The lowest BCUT2D eigenvalue weighted by Crippen LogP contribution is -2.41. The van der Waals surface area contributed by atoms with E-state index in [0.29, 0.717) is 5.84 Å². The minimum Gasteiger partial charge on any atom is -0.480 e. The van der Waals surface area contributed by atoms with Gasteiger partial charge in [0.1, 0.15) is 17.6 Å². The van der Waals surface area contributed by atoms with Crippen molar-refractivity contribution >= 4 is 23.5 Å². The van der Waals surface area contributed by atoms with Crippen molar-refractivity contribution < 1.29 is 9.53 Å². The molecule has 0 radical (unpaired) electrons. The summed E-state index contributed by atoms with van der Waals surface area (Å²) in [5.41, 5.74) is 0. The average molecular weight is 262 g/mol. The van der Waals surface area contributed by atoms with Crippen molar-refractivity contribution in [3.63, 3.8) is 0 Å². The lowest BCUT2D eigenvalue weighted by Gasteiger charge is -2.25. The van der Waals surface area contributed by atoms with Crippen LogP contribution in [0.15, 0.2) is 34.2 Å². The van der Waals surface area contributed by atoms with Crippen LogP contribution >= 0.6 is 11.8 Å². The van der Waals surface area contributed by atoms with Crippen molar-refractivity contribution in [2.24, 2.45) is 4.99 Å². The summed E-state index contributed by atoms with van der Waals surface area (Å²) in [4.78, 5) is 17.2. The lowest BCUT2D eigenvalue weighted by molar-refractivity contribution is -0.120. The number of rotatable bonds is 2. The van der Waals surface area contributed by atoms with Crippen molar-refractivity contribution in [3.8, 4) is 5.75 Å². The van der Waals surface area contributed by atoms with Crippen LogP contribution in [-0.4, -0.2) is 29.6 Å². The molecule has 1 aromatic carbocycles. The lowest BCUT2D eigenvalue weighted by atomic mass is 10.2. The first kappa shape index (κ1) is 11.6. The summed E-state index contributed by atoms with van der Waals surface area (Å²) in [5.74, 6) is 2.32. The first-order valence-electron chi connectivity index (χ1n) is 6.05. The van der Waals surface area contributed by atoms with Gasteiger partial charge in [0.05, 0.1) is 0 Å². The summed E-state index contributed by atoms with van der Waals surface area (Å²) in [6.07, 6.45) is 0.580. The Balaban J connectivity index is 1.79. The fraction of sp³-hybridized carbons (Fsp3) is 0.385. The van der Waals surface area contributed by atoms with Gasteiger partial charge < -0.3 is 10.1 Å². The second kappa shape index (κ2) is 4.65. The van der Waals surface area contributed by atoms with Crippen LogP contribution in [0.5, 0.6) is 5.75 Å². The van der Waals surface area contributed by atoms with Gasteiger partial charge in [-0.25, -0.2) is 0 Å². The van der Waals surface area contributed by atoms with E-state index in [4.69, 9.17) is 4.74 Å². The van der Waals surface area contributed by atoms with Gasteiger partial charge in [0, 0.05) is 10.6 Å². The Morgan fingerprint density at radius 1 is 1.50 bits per heavy atom. The summed E-state index contributed by atoms with van der Waals surface area (Å²) in [5, 5.41) is 2.83. The summed E-state index contributed by atoms with van der Waals surface area (Å²) >= 11 is 1.74. The van der Waals surface area contributed by atoms with Gasteiger partial charge in [0.2, 0.25) is 5.91 Å². The molecule has 18 heavy (non-hydrogen) atoms. The van der Waals surface area contributed by atoms with Crippen LogP contribution in [0, 0.1) is 0 Å². The summed E-state index contributed by atoms with van der Waals surface area (Å²) in [7, 11) is 0. The first-order chi connectivity index (χ1) is 8.78. The Morgan fingerprint density at radius 3 is 3.11 bits per heavy atom. The van der Waals surface area contributed by atoms with Crippen LogP contribution in [0.1, 0.15) is 13.3 Å². The van der Waals surface area contributed by atoms with E-state index >= 15 is 0 Å². The minimum atomic E-state index is -0.245. The summed E-state index contributed by atoms with van der Waals surface area (Å²) in [6.45, 7) is 1.96. The van der Waals surface area contributed by atoms with Crippen molar-refractivity contribution in [1.82, 2.24) is 5.32 Å². The Kier molecular flexibility index (Phi) is 2.99. The number of amides is 1. The highest BCUT2D eigenvalue weighted by Crippen LogP contribution is 2.35. The molecule has 0 aromatic heterocycles. The highest BCUT2D eigenvalue weighted by molar-refractivity contribution is 7.99. The SMILES string of the molecule is CCC1N=C(C2CSc3ccccc3O2)NC1=O. The van der Waals surface area contributed by atoms with Gasteiger partial charge in [-0.15, -0.1) is 11.8 Å². The van der Waals surface area contributed by atoms with Crippen LogP contribution in [0.3, 0.4) is 0 Å². The Hall–Kier alpha value is -1.49.